The van der Waals surface area contributed by atoms with Crippen LogP contribution in [-0.4, -0.2) is 22.5 Å². The van der Waals surface area contributed by atoms with Gasteiger partial charge in [0.2, 0.25) is 0 Å². The number of aromatic nitrogens is 2. The summed E-state index contributed by atoms with van der Waals surface area (Å²) in [5.74, 6) is 0.638. The monoisotopic (exact) mass is 326 g/mol. The molecular formula is C18H19FN4O. The number of aryl methyl sites for hydroxylation is 1. The zero-order chi connectivity index (χ0) is 16.8. The molecule has 0 fully saturated rings. The Hall–Kier alpha value is -2.89. The summed E-state index contributed by atoms with van der Waals surface area (Å²) in [7, 11) is 0. The van der Waals surface area contributed by atoms with E-state index in [1.54, 1.807) is 12.1 Å². The second-order valence-corrected chi connectivity index (χ2v) is 5.54. The number of benzene rings is 2. The van der Waals surface area contributed by atoms with Crippen LogP contribution in [0.2, 0.25) is 0 Å². The van der Waals surface area contributed by atoms with Crippen LogP contribution in [0.1, 0.15) is 17.8 Å². The number of halogens is 1. The lowest BCUT2D eigenvalue weighted by atomic mass is 10.2. The third-order valence-corrected chi connectivity index (χ3v) is 3.68. The van der Waals surface area contributed by atoms with Crippen LogP contribution in [0.4, 0.5) is 9.18 Å². The van der Waals surface area contributed by atoms with Gasteiger partial charge in [-0.2, -0.15) is 0 Å². The number of carbonyl (C=O) groups excluding carboxylic acids is 1. The molecule has 0 saturated heterocycles. The predicted molar refractivity (Wildman–Crippen MR) is 91.1 cm³/mol. The molecule has 3 N–H and O–H groups in total. The van der Waals surface area contributed by atoms with E-state index in [4.69, 9.17) is 0 Å². The lowest BCUT2D eigenvalue weighted by molar-refractivity contribution is 0.240. The summed E-state index contributed by atoms with van der Waals surface area (Å²) in [5, 5.41) is 5.55. The Morgan fingerprint density at radius 1 is 1.08 bits per heavy atom. The predicted octanol–water partition coefficient (Wildman–Crippen LogP) is 3.13. The average Bonchev–Trinajstić information content (AvgIpc) is 3.01. The van der Waals surface area contributed by atoms with Crippen molar-refractivity contribution in [3.63, 3.8) is 0 Å². The van der Waals surface area contributed by atoms with Gasteiger partial charge >= 0.3 is 6.03 Å². The summed E-state index contributed by atoms with van der Waals surface area (Å²) in [6.07, 6.45) is 1.57. The molecule has 24 heavy (non-hydrogen) atoms. The van der Waals surface area contributed by atoms with Gasteiger partial charge in [-0.1, -0.05) is 24.3 Å². The van der Waals surface area contributed by atoms with Gasteiger partial charge in [-0.3, -0.25) is 0 Å². The molecule has 3 rings (SSSR count). The molecule has 1 aromatic heterocycles. The molecule has 0 bridgehead atoms. The van der Waals surface area contributed by atoms with Gasteiger partial charge in [0, 0.05) is 19.5 Å². The van der Waals surface area contributed by atoms with E-state index in [0.717, 1.165) is 35.3 Å². The Morgan fingerprint density at radius 3 is 2.67 bits per heavy atom. The minimum Gasteiger partial charge on any atom is -0.342 e. The first kappa shape index (κ1) is 16.0. The highest BCUT2D eigenvalue weighted by molar-refractivity contribution is 5.75. The van der Waals surface area contributed by atoms with Gasteiger partial charge in [-0.05, 0) is 36.2 Å². The minimum atomic E-state index is -0.284. The van der Waals surface area contributed by atoms with Gasteiger partial charge in [0.15, 0.2) is 0 Å². The summed E-state index contributed by atoms with van der Waals surface area (Å²) in [6, 6.07) is 13.7. The first-order valence-corrected chi connectivity index (χ1v) is 7.90. The molecule has 2 amide bonds. The smallest absolute Gasteiger partial charge is 0.315 e. The fourth-order valence-electron chi connectivity index (χ4n) is 2.43. The van der Waals surface area contributed by atoms with Gasteiger partial charge in [-0.15, -0.1) is 0 Å². The van der Waals surface area contributed by atoms with E-state index in [1.807, 2.05) is 24.3 Å². The van der Waals surface area contributed by atoms with Crippen molar-refractivity contribution in [2.45, 2.75) is 19.4 Å². The molecule has 0 atom stereocenters. The summed E-state index contributed by atoms with van der Waals surface area (Å²) < 4.78 is 12.8. The lowest BCUT2D eigenvalue weighted by Gasteiger charge is -2.07. The third kappa shape index (κ3) is 4.32. The summed E-state index contributed by atoms with van der Waals surface area (Å²) in [6.45, 7) is 0.933. The Bertz CT molecular complexity index is 780. The topological polar surface area (TPSA) is 69.8 Å². The van der Waals surface area contributed by atoms with Crippen LogP contribution < -0.4 is 10.6 Å². The third-order valence-electron chi connectivity index (χ3n) is 3.68. The number of amides is 2. The van der Waals surface area contributed by atoms with Crippen molar-refractivity contribution in [3.05, 3.63) is 65.7 Å². The van der Waals surface area contributed by atoms with Crippen molar-refractivity contribution >= 4 is 17.1 Å². The fourth-order valence-corrected chi connectivity index (χ4v) is 2.43. The largest absolute Gasteiger partial charge is 0.342 e. The fraction of sp³-hybridized carbons (Fsp3) is 0.222. The number of carbonyl (C=O) groups is 1. The maximum Gasteiger partial charge on any atom is 0.315 e. The molecule has 0 spiro atoms. The van der Waals surface area contributed by atoms with Gasteiger partial charge in [0.25, 0.3) is 0 Å². The van der Waals surface area contributed by atoms with Crippen molar-refractivity contribution in [1.29, 1.82) is 0 Å². The van der Waals surface area contributed by atoms with E-state index in [0.29, 0.717) is 13.1 Å². The van der Waals surface area contributed by atoms with Crippen molar-refractivity contribution in [3.8, 4) is 0 Å². The molecule has 0 aliphatic carbocycles. The highest BCUT2D eigenvalue weighted by Crippen LogP contribution is 2.11. The first-order valence-electron chi connectivity index (χ1n) is 7.90. The number of nitrogens with one attached hydrogen (secondary N) is 3. The van der Waals surface area contributed by atoms with Gasteiger partial charge in [-0.25, -0.2) is 14.2 Å². The number of imidazole rings is 1. The molecule has 6 heteroatoms. The molecule has 0 aliphatic rings. The summed E-state index contributed by atoms with van der Waals surface area (Å²) >= 11 is 0. The van der Waals surface area contributed by atoms with E-state index >= 15 is 0 Å². The molecule has 0 radical (unpaired) electrons. The molecule has 1 heterocycles. The van der Waals surface area contributed by atoms with E-state index < -0.39 is 0 Å². The molecule has 0 unspecified atom stereocenters. The minimum absolute atomic E-state index is 0.232. The maximum absolute atomic E-state index is 12.8. The SMILES string of the molecule is O=C(NCCCc1nc2ccccc2[nH]1)NCc1ccc(F)cc1. The van der Waals surface area contributed by atoms with Crippen LogP contribution in [0.3, 0.4) is 0 Å². The number of fused-ring (bicyclic) bond motifs is 1. The highest BCUT2D eigenvalue weighted by atomic mass is 19.1. The van der Waals surface area contributed by atoms with Crippen LogP contribution in [0.15, 0.2) is 48.5 Å². The van der Waals surface area contributed by atoms with Crippen LogP contribution in [0, 0.1) is 5.82 Å². The van der Waals surface area contributed by atoms with E-state index in [9.17, 15) is 9.18 Å². The zero-order valence-electron chi connectivity index (χ0n) is 13.2. The highest BCUT2D eigenvalue weighted by Gasteiger charge is 2.03. The second kappa shape index (κ2) is 7.59. The number of hydrogen-bond donors (Lipinski definition) is 3. The lowest BCUT2D eigenvalue weighted by Crippen LogP contribution is -2.35. The molecule has 3 aromatic rings. The van der Waals surface area contributed by atoms with E-state index in [2.05, 4.69) is 20.6 Å². The normalized spacial score (nSPS) is 10.7. The quantitative estimate of drug-likeness (QED) is 0.609. The van der Waals surface area contributed by atoms with E-state index in [1.165, 1.54) is 12.1 Å². The molecule has 0 aliphatic heterocycles. The standard InChI is InChI=1S/C18H19FN4O/c19-14-9-7-13(8-10-14)12-21-18(24)20-11-3-6-17-22-15-4-1-2-5-16(15)23-17/h1-2,4-5,7-10H,3,6,11-12H2,(H,22,23)(H2,20,21,24). The van der Waals surface area contributed by atoms with Gasteiger partial charge in [0.05, 0.1) is 11.0 Å². The van der Waals surface area contributed by atoms with Crippen LogP contribution >= 0.6 is 0 Å². The Balaban J connectivity index is 1.36. The molecule has 124 valence electrons. The Kier molecular flexibility index (Phi) is 5.05. The number of aromatic amines is 1. The van der Waals surface area contributed by atoms with Crippen molar-refractivity contribution in [1.82, 2.24) is 20.6 Å². The molecule has 2 aromatic carbocycles. The van der Waals surface area contributed by atoms with Crippen molar-refractivity contribution in [2.75, 3.05) is 6.54 Å². The van der Waals surface area contributed by atoms with E-state index in [-0.39, 0.29) is 11.8 Å². The van der Waals surface area contributed by atoms with Crippen LogP contribution in [0.5, 0.6) is 0 Å². The van der Waals surface area contributed by atoms with Crippen molar-refractivity contribution in [2.24, 2.45) is 0 Å². The first-order chi connectivity index (χ1) is 11.7. The molecule has 5 nitrogen and oxygen atoms in total. The van der Waals surface area contributed by atoms with Crippen molar-refractivity contribution < 1.29 is 9.18 Å². The number of para-hydroxylation sites is 2. The average molecular weight is 326 g/mol. The maximum atomic E-state index is 12.8. The summed E-state index contributed by atoms with van der Waals surface area (Å²) in [4.78, 5) is 19.5. The molecule has 0 saturated carbocycles. The molecular weight excluding hydrogens is 307 g/mol. The zero-order valence-corrected chi connectivity index (χ0v) is 13.2. The number of urea groups is 1. The van der Waals surface area contributed by atoms with Crippen LogP contribution in [-0.2, 0) is 13.0 Å². The van der Waals surface area contributed by atoms with Gasteiger partial charge in [0.1, 0.15) is 11.6 Å². The van der Waals surface area contributed by atoms with Gasteiger partial charge < -0.3 is 15.6 Å². The second-order valence-electron chi connectivity index (χ2n) is 5.54. The number of rotatable bonds is 6. The summed E-state index contributed by atoms with van der Waals surface area (Å²) in [5.41, 5.74) is 2.84. The number of hydrogen-bond acceptors (Lipinski definition) is 2. The Morgan fingerprint density at radius 2 is 1.88 bits per heavy atom. The number of nitrogens with zero attached hydrogens (tertiary/aromatic N) is 1. The van der Waals surface area contributed by atoms with Crippen LogP contribution in [0.25, 0.3) is 11.0 Å². The Labute approximate surface area is 139 Å². The number of H-pyrrole nitrogens is 1.